The van der Waals surface area contributed by atoms with E-state index >= 15 is 0 Å². The molecule has 1 aliphatic rings. The van der Waals surface area contributed by atoms with Crippen LogP contribution in [0.3, 0.4) is 0 Å². The predicted molar refractivity (Wildman–Crippen MR) is 111 cm³/mol. The lowest BCUT2D eigenvalue weighted by Crippen LogP contribution is -2.43. The third kappa shape index (κ3) is 7.37. The Balaban J connectivity index is 0.00000312. The van der Waals surface area contributed by atoms with Gasteiger partial charge in [0.2, 0.25) is 10.0 Å². The second-order valence-corrected chi connectivity index (χ2v) is 7.74. The zero-order chi connectivity index (χ0) is 17.4. The lowest BCUT2D eigenvalue weighted by Gasteiger charge is -2.16. The Labute approximate surface area is 167 Å². The van der Waals surface area contributed by atoms with Crippen molar-refractivity contribution in [1.82, 2.24) is 14.9 Å². The van der Waals surface area contributed by atoms with Crippen LogP contribution in [-0.2, 0) is 10.0 Å². The van der Waals surface area contributed by atoms with Gasteiger partial charge < -0.3 is 15.4 Å². The summed E-state index contributed by atoms with van der Waals surface area (Å²) in [6.07, 6.45) is 0.714. The van der Waals surface area contributed by atoms with Gasteiger partial charge in [0.15, 0.2) is 5.96 Å². The SMILES string of the molecule is CN=C(NCCOc1ccc(C)cc1)NCCN1CCCS1(=O)=O.I. The number of hydrogen-bond acceptors (Lipinski definition) is 4. The van der Waals surface area contributed by atoms with Crippen molar-refractivity contribution in [3.05, 3.63) is 29.8 Å². The van der Waals surface area contributed by atoms with Crippen molar-refractivity contribution in [2.45, 2.75) is 13.3 Å². The third-order valence-electron chi connectivity index (χ3n) is 3.76. The first-order valence-electron chi connectivity index (χ1n) is 8.13. The first kappa shape index (κ1) is 22.0. The number of aliphatic imine (C=N–C) groups is 1. The van der Waals surface area contributed by atoms with Gasteiger partial charge in [0.1, 0.15) is 12.4 Å². The molecular weight excluding hydrogens is 455 g/mol. The maximum atomic E-state index is 11.7. The van der Waals surface area contributed by atoms with Crippen molar-refractivity contribution in [2.24, 2.45) is 4.99 Å². The number of aryl methyl sites for hydroxylation is 1. The van der Waals surface area contributed by atoms with E-state index in [2.05, 4.69) is 15.6 Å². The third-order valence-corrected chi connectivity index (χ3v) is 5.72. The minimum Gasteiger partial charge on any atom is -0.492 e. The smallest absolute Gasteiger partial charge is 0.214 e. The molecule has 1 aromatic rings. The lowest BCUT2D eigenvalue weighted by molar-refractivity contribution is 0.322. The van der Waals surface area contributed by atoms with E-state index < -0.39 is 10.0 Å². The molecule has 1 aliphatic heterocycles. The van der Waals surface area contributed by atoms with Gasteiger partial charge in [-0.15, -0.1) is 24.0 Å². The van der Waals surface area contributed by atoms with E-state index in [0.717, 1.165) is 5.75 Å². The number of sulfonamides is 1. The summed E-state index contributed by atoms with van der Waals surface area (Å²) in [4.78, 5) is 4.12. The quantitative estimate of drug-likeness (QED) is 0.264. The van der Waals surface area contributed by atoms with Crippen molar-refractivity contribution in [1.29, 1.82) is 0 Å². The number of rotatable bonds is 7. The van der Waals surface area contributed by atoms with Gasteiger partial charge in [0.05, 0.1) is 12.3 Å². The largest absolute Gasteiger partial charge is 0.492 e. The highest BCUT2D eigenvalue weighted by Crippen LogP contribution is 2.12. The fourth-order valence-electron chi connectivity index (χ4n) is 2.43. The molecule has 0 spiro atoms. The maximum Gasteiger partial charge on any atom is 0.214 e. The van der Waals surface area contributed by atoms with E-state index in [4.69, 9.17) is 4.74 Å². The van der Waals surface area contributed by atoms with Crippen LogP contribution in [0.2, 0.25) is 0 Å². The number of nitrogens with zero attached hydrogens (tertiary/aromatic N) is 2. The van der Waals surface area contributed by atoms with Crippen molar-refractivity contribution in [3.8, 4) is 5.75 Å². The van der Waals surface area contributed by atoms with Crippen LogP contribution in [0, 0.1) is 6.92 Å². The topological polar surface area (TPSA) is 83.0 Å². The van der Waals surface area contributed by atoms with E-state index in [-0.39, 0.29) is 29.7 Å². The molecule has 2 N–H and O–H groups in total. The maximum absolute atomic E-state index is 11.7. The summed E-state index contributed by atoms with van der Waals surface area (Å²) in [5.41, 5.74) is 1.20. The van der Waals surface area contributed by atoms with Gasteiger partial charge in [-0.25, -0.2) is 12.7 Å². The highest BCUT2D eigenvalue weighted by atomic mass is 127. The van der Waals surface area contributed by atoms with Gasteiger partial charge in [-0.2, -0.15) is 0 Å². The molecule has 1 aromatic carbocycles. The number of nitrogens with one attached hydrogen (secondary N) is 2. The number of ether oxygens (including phenoxy) is 1. The van der Waals surface area contributed by atoms with Crippen LogP contribution < -0.4 is 15.4 Å². The molecule has 7 nitrogen and oxygen atoms in total. The second kappa shape index (κ2) is 10.8. The summed E-state index contributed by atoms with van der Waals surface area (Å²) in [6.45, 7) is 4.76. The summed E-state index contributed by atoms with van der Waals surface area (Å²) in [5, 5.41) is 6.26. The first-order valence-corrected chi connectivity index (χ1v) is 9.74. The molecule has 0 aliphatic carbocycles. The van der Waals surface area contributed by atoms with E-state index in [0.29, 0.717) is 45.2 Å². The van der Waals surface area contributed by atoms with Crippen LogP contribution in [0.15, 0.2) is 29.3 Å². The summed E-state index contributed by atoms with van der Waals surface area (Å²) in [7, 11) is -1.35. The summed E-state index contributed by atoms with van der Waals surface area (Å²) < 4.78 is 30.6. The molecule has 0 unspecified atom stereocenters. The van der Waals surface area contributed by atoms with Gasteiger partial charge in [0.25, 0.3) is 0 Å². The van der Waals surface area contributed by atoms with Crippen LogP contribution in [-0.4, -0.2) is 64.3 Å². The monoisotopic (exact) mass is 482 g/mol. The van der Waals surface area contributed by atoms with E-state index in [1.165, 1.54) is 9.87 Å². The molecule has 0 atom stereocenters. The van der Waals surface area contributed by atoms with E-state index in [1.54, 1.807) is 7.05 Å². The fraction of sp³-hybridized carbons (Fsp3) is 0.562. The Morgan fingerprint density at radius 3 is 2.52 bits per heavy atom. The number of benzene rings is 1. The molecule has 1 heterocycles. The standard InChI is InChI=1S/C16H26N4O3S.HI/c1-14-4-6-15(7-5-14)23-12-9-19-16(17-2)18-8-11-20-10-3-13-24(20,21)22;/h4-7H,3,8-13H2,1-2H3,(H2,17,18,19);1H. The predicted octanol–water partition coefficient (Wildman–Crippen LogP) is 1.19. The molecule has 1 fully saturated rings. The van der Waals surface area contributed by atoms with Gasteiger partial charge in [-0.05, 0) is 25.5 Å². The summed E-state index contributed by atoms with van der Waals surface area (Å²) in [5.74, 6) is 1.74. The van der Waals surface area contributed by atoms with Crippen molar-refractivity contribution >= 4 is 40.0 Å². The van der Waals surface area contributed by atoms with Gasteiger partial charge in [-0.3, -0.25) is 4.99 Å². The van der Waals surface area contributed by atoms with Crippen LogP contribution in [0.25, 0.3) is 0 Å². The molecule has 142 valence electrons. The molecule has 1 saturated heterocycles. The highest BCUT2D eigenvalue weighted by Gasteiger charge is 2.27. The van der Waals surface area contributed by atoms with Gasteiger partial charge >= 0.3 is 0 Å². The average Bonchev–Trinajstić information content (AvgIpc) is 2.90. The molecule has 0 amide bonds. The zero-order valence-corrected chi connectivity index (χ0v) is 17.8. The number of halogens is 1. The first-order chi connectivity index (χ1) is 11.5. The van der Waals surface area contributed by atoms with Crippen LogP contribution in [0.1, 0.15) is 12.0 Å². The van der Waals surface area contributed by atoms with Crippen molar-refractivity contribution in [3.63, 3.8) is 0 Å². The highest BCUT2D eigenvalue weighted by molar-refractivity contribution is 14.0. The zero-order valence-electron chi connectivity index (χ0n) is 14.7. The Morgan fingerprint density at radius 1 is 1.24 bits per heavy atom. The number of hydrogen-bond donors (Lipinski definition) is 2. The molecule has 0 aromatic heterocycles. The van der Waals surface area contributed by atoms with Crippen LogP contribution in [0.5, 0.6) is 5.75 Å². The molecule has 0 saturated carbocycles. The Morgan fingerprint density at radius 2 is 1.92 bits per heavy atom. The molecule has 0 bridgehead atoms. The molecule has 2 rings (SSSR count). The van der Waals surface area contributed by atoms with Gasteiger partial charge in [-0.1, -0.05) is 17.7 Å². The minimum absolute atomic E-state index is 0. The lowest BCUT2D eigenvalue weighted by atomic mass is 10.2. The van der Waals surface area contributed by atoms with Crippen molar-refractivity contribution < 1.29 is 13.2 Å². The molecule has 25 heavy (non-hydrogen) atoms. The van der Waals surface area contributed by atoms with Crippen molar-refractivity contribution in [2.75, 3.05) is 45.6 Å². The normalized spacial score (nSPS) is 17.0. The Kier molecular flexibility index (Phi) is 9.51. The minimum atomic E-state index is -3.03. The molecule has 9 heteroatoms. The average molecular weight is 482 g/mol. The van der Waals surface area contributed by atoms with Crippen LogP contribution >= 0.6 is 24.0 Å². The van der Waals surface area contributed by atoms with E-state index in [1.807, 2.05) is 31.2 Å². The molecular formula is C16H27IN4O3S. The Bertz CT molecular complexity index is 650. The Hall–Kier alpha value is -1.07. The van der Waals surface area contributed by atoms with E-state index in [9.17, 15) is 8.42 Å². The summed E-state index contributed by atoms with van der Waals surface area (Å²) in [6, 6.07) is 7.91. The second-order valence-electron chi connectivity index (χ2n) is 5.66. The van der Waals surface area contributed by atoms with Crippen LogP contribution in [0.4, 0.5) is 0 Å². The fourth-order valence-corrected chi connectivity index (χ4v) is 3.96. The number of guanidine groups is 1. The van der Waals surface area contributed by atoms with Gasteiger partial charge in [0, 0.05) is 26.7 Å². The molecule has 0 radical (unpaired) electrons. The summed E-state index contributed by atoms with van der Waals surface area (Å²) >= 11 is 0.